The number of aromatic nitrogens is 5. The van der Waals surface area contributed by atoms with Gasteiger partial charge < -0.3 is 9.97 Å². The van der Waals surface area contributed by atoms with E-state index in [0.29, 0.717) is 0 Å². The molecule has 8 aromatic rings. The molecule has 0 aliphatic carbocycles. The molecule has 8 bridgehead atoms. The molecule has 5 nitrogen and oxygen atoms in total. The topological polar surface area (TPSA) is 66.9 Å². The molecule has 0 saturated heterocycles. The summed E-state index contributed by atoms with van der Waals surface area (Å²) in [7, 11) is 0. The molecule has 2 aliphatic rings. The SMILES string of the molecule is C1=Cc2nc1c(-c1ccccc1)c1ccc([n-]1)c(-c1ccccc1)c1nc(c(-c3cccc4cccnc34)c3ccc([n-]3)c2-c2ccccc2)C=C1.[Zn+2]. The number of pyridine rings is 1. The summed E-state index contributed by atoms with van der Waals surface area (Å²) in [5, 5.41) is 1.05. The van der Waals surface area contributed by atoms with Crippen molar-refractivity contribution in [3.63, 3.8) is 0 Å². The summed E-state index contributed by atoms with van der Waals surface area (Å²) in [5.41, 5.74) is 15.5. The van der Waals surface area contributed by atoms with Gasteiger partial charge in [-0.3, -0.25) is 4.98 Å². The summed E-state index contributed by atoms with van der Waals surface area (Å²) in [5.74, 6) is 0. The minimum atomic E-state index is 0. The maximum Gasteiger partial charge on any atom is 2.00 e. The van der Waals surface area contributed by atoms with Crippen LogP contribution in [0, 0.1) is 0 Å². The first kappa shape index (κ1) is 32.4. The van der Waals surface area contributed by atoms with Crippen LogP contribution in [-0.2, 0) is 19.5 Å². The fraction of sp³-hybridized carbons (Fsp3) is 0. The average Bonchev–Trinajstić information content (AvgIpc) is 4.04. The van der Waals surface area contributed by atoms with Crippen molar-refractivity contribution >= 4 is 57.3 Å². The van der Waals surface area contributed by atoms with Crippen molar-refractivity contribution in [2.45, 2.75) is 0 Å². The Morgan fingerprint density at radius 2 is 0.755 bits per heavy atom. The fourth-order valence-corrected chi connectivity index (χ4v) is 7.37. The summed E-state index contributed by atoms with van der Waals surface area (Å²) in [6.07, 6.45) is 10.2. The van der Waals surface area contributed by atoms with E-state index in [1.807, 2.05) is 30.5 Å². The van der Waals surface area contributed by atoms with E-state index in [-0.39, 0.29) is 19.5 Å². The van der Waals surface area contributed by atoms with E-state index in [2.05, 4.69) is 146 Å². The van der Waals surface area contributed by atoms with Crippen LogP contribution in [0.25, 0.3) is 102 Å². The van der Waals surface area contributed by atoms with Crippen LogP contribution in [0.15, 0.2) is 152 Å². The van der Waals surface area contributed by atoms with Crippen LogP contribution in [0.5, 0.6) is 0 Å². The van der Waals surface area contributed by atoms with Gasteiger partial charge in [-0.25, -0.2) is 9.97 Å². The van der Waals surface area contributed by atoms with E-state index in [9.17, 15) is 0 Å². The van der Waals surface area contributed by atoms with Crippen LogP contribution in [0.3, 0.4) is 0 Å². The molecular weight excluding hydrogens is 700 g/mol. The molecule has 53 heavy (non-hydrogen) atoms. The molecule has 0 atom stereocenters. The number of hydrogen-bond donors (Lipinski definition) is 0. The first-order valence-corrected chi connectivity index (χ1v) is 17.3. The van der Waals surface area contributed by atoms with Gasteiger partial charge in [0.25, 0.3) is 0 Å². The molecule has 0 spiro atoms. The maximum atomic E-state index is 5.39. The van der Waals surface area contributed by atoms with Crippen molar-refractivity contribution in [1.29, 1.82) is 0 Å². The summed E-state index contributed by atoms with van der Waals surface area (Å²) >= 11 is 0. The van der Waals surface area contributed by atoms with Crippen LogP contribution < -0.4 is 9.97 Å². The Kier molecular flexibility index (Phi) is 8.30. The van der Waals surface area contributed by atoms with Crippen molar-refractivity contribution in [3.8, 4) is 44.5 Å². The molecule has 6 heteroatoms. The molecule has 0 unspecified atom stereocenters. The van der Waals surface area contributed by atoms with Crippen LogP contribution in [-0.4, -0.2) is 15.0 Å². The molecule has 0 fully saturated rings. The van der Waals surface area contributed by atoms with E-state index >= 15 is 0 Å². The number of para-hydroxylation sites is 1. The second-order valence-electron chi connectivity index (χ2n) is 12.8. The third kappa shape index (κ3) is 5.74. The van der Waals surface area contributed by atoms with Crippen LogP contribution in [0.2, 0.25) is 0 Å². The second-order valence-corrected chi connectivity index (χ2v) is 12.8. The Morgan fingerprint density at radius 1 is 0.358 bits per heavy atom. The van der Waals surface area contributed by atoms with Crippen molar-refractivity contribution < 1.29 is 19.5 Å². The number of nitrogens with zero attached hydrogens (tertiary/aromatic N) is 5. The van der Waals surface area contributed by atoms with Gasteiger partial charge in [-0.2, -0.15) is 0 Å². The largest absolute Gasteiger partial charge is 2.00 e. The summed E-state index contributed by atoms with van der Waals surface area (Å²) < 4.78 is 0. The Morgan fingerprint density at radius 3 is 1.21 bits per heavy atom. The van der Waals surface area contributed by atoms with Gasteiger partial charge >= 0.3 is 19.5 Å². The molecule has 0 saturated carbocycles. The normalized spacial score (nSPS) is 11.8. The van der Waals surface area contributed by atoms with E-state index in [1.54, 1.807) is 0 Å². The molecule has 4 aromatic carbocycles. The molecule has 244 valence electrons. The molecule has 10 rings (SSSR count). The maximum absolute atomic E-state index is 5.39. The first-order valence-electron chi connectivity index (χ1n) is 17.3. The number of rotatable bonds is 4. The quantitative estimate of drug-likeness (QED) is 0.169. The van der Waals surface area contributed by atoms with Gasteiger partial charge in [0, 0.05) is 17.1 Å². The third-order valence-electron chi connectivity index (χ3n) is 9.70. The van der Waals surface area contributed by atoms with Crippen molar-refractivity contribution in [2.24, 2.45) is 0 Å². The molecule has 0 amide bonds. The zero-order chi connectivity index (χ0) is 34.4. The van der Waals surface area contributed by atoms with Crippen LogP contribution in [0.4, 0.5) is 0 Å². The monoisotopic (exact) mass is 727 g/mol. The first-order chi connectivity index (χ1) is 25.8. The van der Waals surface area contributed by atoms with Crippen LogP contribution >= 0.6 is 0 Å². The molecule has 2 aliphatic heterocycles. The molecule has 0 radical (unpaired) electrons. The molecule has 0 N–H and O–H groups in total. The van der Waals surface area contributed by atoms with Crippen LogP contribution in [0.1, 0.15) is 22.8 Å². The standard InChI is InChI=1S/C47H29N5.Zn/c1-4-12-30(13-5-1)43-35-21-23-37(49-35)44(31-14-6-2-7-15-31)39-25-27-41(51-39)46(34-20-10-18-33-19-11-29-48-47(33)34)42-28-26-40(52-42)45(32-16-8-3-9-17-32)38-24-22-36(43)50-38;/h1-29H;/q-2;+2. The Labute approximate surface area is 319 Å². The zero-order valence-electron chi connectivity index (χ0n) is 28.7. The van der Waals surface area contributed by atoms with Gasteiger partial charge in [0.05, 0.1) is 28.3 Å². The predicted molar refractivity (Wildman–Crippen MR) is 214 cm³/mol. The fourth-order valence-electron chi connectivity index (χ4n) is 7.37. The number of benzene rings is 4. The van der Waals surface area contributed by atoms with E-state index in [1.165, 1.54) is 0 Å². The Bertz CT molecular complexity index is 2850. The smallest absolute Gasteiger partial charge is 0.657 e. The number of hydrogen-bond acceptors (Lipinski definition) is 3. The summed E-state index contributed by atoms with van der Waals surface area (Å²) in [6.45, 7) is 0. The van der Waals surface area contributed by atoms with Crippen molar-refractivity contribution in [3.05, 3.63) is 175 Å². The van der Waals surface area contributed by atoms with Gasteiger partial charge in [-0.1, -0.05) is 140 Å². The van der Waals surface area contributed by atoms with Crippen molar-refractivity contribution in [1.82, 2.24) is 24.9 Å². The average molecular weight is 729 g/mol. The third-order valence-corrected chi connectivity index (χ3v) is 9.70. The summed E-state index contributed by atoms with van der Waals surface area (Å²) in [6, 6.07) is 49.9. The van der Waals surface area contributed by atoms with E-state index in [4.69, 9.17) is 24.9 Å². The minimum absolute atomic E-state index is 0. The summed E-state index contributed by atoms with van der Waals surface area (Å²) in [4.78, 5) is 26.3. The molecule has 4 aromatic heterocycles. The van der Waals surface area contributed by atoms with Crippen molar-refractivity contribution in [2.75, 3.05) is 0 Å². The van der Waals surface area contributed by atoms with Gasteiger partial charge in [-0.15, -0.1) is 22.1 Å². The second kappa shape index (κ2) is 13.6. The Balaban J connectivity index is 0.00000372. The minimum Gasteiger partial charge on any atom is -0.657 e. The predicted octanol–water partition coefficient (Wildman–Crippen LogP) is 11.1. The molecular formula is C47H29N5Zn. The van der Waals surface area contributed by atoms with E-state index < -0.39 is 0 Å². The van der Waals surface area contributed by atoms with Gasteiger partial charge in [0.2, 0.25) is 0 Å². The van der Waals surface area contributed by atoms with Gasteiger partial charge in [-0.05, 0) is 69.3 Å². The van der Waals surface area contributed by atoms with Gasteiger partial charge in [0.1, 0.15) is 0 Å². The van der Waals surface area contributed by atoms with E-state index in [0.717, 1.165) is 100 Å². The zero-order valence-corrected chi connectivity index (χ0v) is 31.7. The van der Waals surface area contributed by atoms with Gasteiger partial charge in [0.15, 0.2) is 0 Å². The molecule has 6 heterocycles. The number of fused-ring (bicyclic) bond motifs is 9. The Hall–Kier alpha value is -6.49.